The van der Waals surface area contributed by atoms with Crippen LogP contribution in [0.1, 0.15) is 42.4 Å². The smallest absolute Gasteiger partial charge is 0.331 e. The van der Waals surface area contributed by atoms with E-state index in [1.807, 2.05) is 6.08 Å². The summed E-state index contributed by atoms with van der Waals surface area (Å²) < 4.78 is 21.6. The largest absolute Gasteiger partial charge is 0.478 e. The van der Waals surface area contributed by atoms with Gasteiger partial charge in [0.05, 0.1) is 17.2 Å². The molecule has 0 bridgehead atoms. The molecule has 1 atom stereocenters. The number of hydrogen-bond donors (Lipinski definition) is 2. The van der Waals surface area contributed by atoms with Crippen molar-refractivity contribution in [1.82, 2.24) is 14.8 Å². The van der Waals surface area contributed by atoms with Gasteiger partial charge in [-0.3, -0.25) is 5.10 Å². The summed E-state index contributed by atoms with van der Waals surface area (Å²) in [6.07, 6.45) is 5.97. The third-order valence-electron chi connectivity index (χ3n) is 6.78. The maximum atomic E-state index is 13.8. The second-order valence-corrected chi connectivity index (χ2v) is 8.63. The Balaban J connectivity index is 1.67. The van der Waals surface area contributed by atoms with Crippen LogP contribution in [-0.4, -0.2) is 39.1 Å². The number of aromatic nitrogens is 3. The van der Waals surface area contributed by atoms with Gasteiger partial charge >= 0.3 is 5.97 Å². The van der Waals surface area contributed by atoms with Crippen LogP contribution in [0.2, 0.25) is 0 Å². The minimum absolute atomic E-state index is 0.0310. The van der Waals surface area contributed by atoms with Crippen LogP contribution in [-0.2, 0) is 9.53 Å². The molecule has 0 saturated carbocycles. The highest BCUT2D eigenvalue weighted by Gasteiger charge is 2.34. The van der Waals surface area contributed by atoms with Gasteiger partial charge in [0.25, 0.3) is 0 Å². The Bertz CT molecular complexity index is 1380. The molecule has 1 saturated heterocycles. The van der Waals surface area contributed by atoms with E-state index in [1.165, 1.54) is 17.8 Å². The van der Waals surface area contributed by atoms with Gasteiger partial charge in [-0.15, -0.1) is 0 Å². The Hall–Kier alpha value is -3.45. The van der Waals surface area contributed by atoms with Crippen molar-refractivity contribution < 1.29 is 19.0 Å². The summed E-state index contributed by atoms with van der Waals surface area (Å²) >= 11 is 0. The quantitative estimate of drug-likeness (QED) is 0.475. The Morgan fingerprint density at radius 3 is 2.66 bits per heavy atom. The number of fused-ring (bicyclic) bond motifs is 2. The summed E-state index contributed by atoms with van der Waals surface area (Å²) in [4.78, 5) is 11.5. The molecule has 6 rings (SSSR count). The standard InChI is InChI=1S/C25H22FN3O3/c26-18-1-3-19(4-2-18)29-22-11-17-13-27-28-21(17)12-20(22)23(15-9-16(10-15)25(30)31)24(29)14-5-7-32-8-6-14/h1-4,9,11-15H,5-8,10H2,(H,27,28)(H,30,31). The molecule has 1 aliphatic heterocycles. The van der Waals surface area contributed by atoms with Crippen LogP contribution < -0.4 is 0 Å². The van der Waals surface area contributed by atoms with Crippen molar-refractivity contribution >= 4 is 27.8 Å². The predicted molar refractivity (Wildman–Crippen MR) is 119 cm³/mol. The molecule has 1 aliphatic carbocycles. The molecule has 1 fully saturated rings. The topological polar surface area (TPSA) is 80.1 Å². The molecule has 3 heterocycles. The van der Waals surface area contributed by atoms with E-state index >= 15 is 0 Å². The van der Waals surface area contributed by atoms with Crippen molar-refractivity contribution in [3.63, 3.8) is 0 Å². The number of carbonyl (C=O) groups is 1. The summed E-state index contributed by atoms with van der Waals surface area (Å²) in [6.45, 7) is 1.39. The molecule has 7 heteroatoms. The second kappa shape index (κ2) is 7.31. The van der Waals surface area contributed by atoms with E-state index in [4.69, 9.17) is 4.74 Å². The molecule has 2 aromatic carbocycles. The number of nitrogens with zero attached hydrogens (tertiary/aromatic N) is 2. The highest BCUT2D eigenvalue weighted by molar-refractivity contribution is 6.00. The first kappa shape index (κ1) is 19.3. The molecular weight excluding hydrogens is 409 g/mol. The van der Waals surface area contributed by atoms with Gasteiger partial charge < -0.3 is 14.4 Å². The van der Waals surface area contributed by atoms with Crippen molar-refractivity contribution in [3.05, 3.63) is 71.3 Å². The van der Waals surface area contributed by atoms with Gasteiger partial charge in [0, 0.05) is 52.8 Å². The van der Waals surface area contributed by atoms with Crippen molar-refractivity contribution in [2.45, 2.75) is 31.1 Å². The van der Waals surface area contributed by atoms with Gasteiger partial charge in [0.15, 0.2) is 0 Å². The number of halogens is 1. The Morgan fingerprint density at radius 1 is 1.19 bits per heavy atom. The zero-order valence-electron chi connectivity index (χ0n) is 17.3. The zero-order chi connectivity index (χ0) is 21.8. The van der Waals surface area contributed by atoms with E-state index < -0.39 is 5.97 Å². The number of ether oxygens (including phenoxy) is 1. The van der Waals surface area contributed by atoms with E-state index in [9.17, 15) is 14.3 Å². The lowest BCUT2D eigenvalue weighted by Gasteiger charge is -2.29. The summed E-state index contributed by atoms with van der Waals surface area (Å²) in [6, 6.07) is 10.8. The van der Waals surface area contributed by atoms with Crippen molar-refractivity contribution in [2.75, 3.05) is 13.2 Å². The summed E-state index contributed by atoms with van der Waals surface area (Å²) in [7, 11) is 0. The van der Waals surface area contributed by atoms with Gasteiger partial charge in [0.1, 0.15) is 5.82 Å². The van der Waals surface area contributed by atoms with Crippen LogP contribution in [0.25, 0.3) is 27.5 Å². The average molecular weight is 431 g/mol. The lowest BCUT2D eigenvalue weighted by molar-refractivity contribution is -0.133. The molecule has 0 radical (unpaired) electrons. The first-order valence-electron chi connectivity index (χ1n) is 10.9. The van der Waals surface area contributed by atoms with Crippen LogP contribution in [0.3, 0.4) is 0 Å². The number of rotatable bonds is 4. The molecule has 4 aromatic rings. The van der Waals surface area contributed by atoms with Crippen LogP contribution in [0.15, 0.2) is 54.2 Å². The number of benzene rings is 2. The zero-order valence-corrected chi connectivity index (χ0v) is 17.3. The molecule has 6 nitrogen and oxygen atoms in total. The first-order valence-corrected chi connectivity index (χ1v) is 10.9. The SMILES string of the molecule is O=C(O)C1=CC(c2c(C3CCOCC3)n(-c3ccc(F)cc3)c3cc4cn[nH]c4cc23)C1. The van der Waals surface area contributed by atoms with Gasteiger partial charge in [-0.25, -0.2) is 9.18 Å². The van der Waals surface area contributed by atoms with E-state index in [0.29, 0.717) is 25.2 Å². The Morgan fingerprint density at radius 2 is 1.94 bits per heavy atom. The molecule has 0 amide bonds. The number of nitrogens with one attached hydrogen (secondary N) is 1. The van der Waals surface area contributed by atoms with E-state index in [0.717, 1.165) is 45.9 Å². The fourth-order valence-corrected chi connectivity index (χ4v) is 5.19. The predicted octanol–water partition coefficient (Wildman–Crippen LogP) is 5.04. The van der Waals surface area contributed by atoms with Crippen molar-refractivity contribution in [2.24, 2.45) is 0 Å². The molecule has 2 aliphatic rings. The van der Waals surface area contributed by atoms with Crippen LogP contribution in [0.4, 0.5) is 4.39 Å². The van der Waals surface area contributed by atoms with Gasteiger partial charge in [-0.2, -0.15) is 5.10 Å². The maximum Gasteiger partial charge on any atom is 0.331 e. The number of carboxylic acids is 1. The summed E-state index contributed by atoms with van der Waals surface area (Å²) in [5, 5.41) is 18.7. The van der Waals surface area contributed by atoms with Gasteiger partial charge in [0.2, 0.25) is 0 Å². The average Bonchev–Trinajstić information content (AvgIpc) is 3.34. The van der Waals surface area contributed by atoms with E-state index in [1.54, 1.807) is 18.3 Å². The van der Waals surface area contributed by atoms with E-state index in [2.05, 4.69) is 26.9 Å². The number of carboxylic acid groups (broad SMARTS) is 1. The lowest BCUT2D eigenvalue weighted by Crippen LogP contribution is -2.21. The number of hydrogen-bond acceptors (Lipinski definition) is 3. The Labute approximate surface area is 183 Å². The fourth-order valence-electron chi connectivity index (χ4n) is 5.19. The third-order valence-corrected chi connectivity index (χ3v) is 6.78. The first-order chi connectivity index (χ1) is 15.6. The van der Waals surface area contributed by atoms with Crippen LogP contribution in [0.5, 0.6) is 0 Å². The number of allylic oxidation sites excluding steroid dienone is 1. The Kier molecular flexibility index (Phi) is 4.40. The van der Waals surface area contributed by atoms with E-state index in [-0.39, 0.29) is 17.7 Å². The molecule has 2 aromatic heterocycles. The maximum absolute atomic E-state index is 13.8. The van der Waals surface area contributed by atoms with Crippen LogP contribution >= 0.6 is 0 Å². The third kappa shape index (κ3) is 2.96. The van der Waals surface area contributed by atoms with Crippen molar-refractivity contribution in [1.29, 1.82) is 0 Å². The molecule has 2 N–H and O–H groups in total. The fraction of sp³-hybridized carbons (Fsp3) is 0.280. The molecule has 1 unspecified atom stereocenters. The molecule has 32 heavy (non-hydrogen) atoms. The minimum Gasteiger partial charge on any atom is -0.478 e. The lowest BCUT2D eigenvalue weighted by atomic mass is 9.77. The van der Waals surface area contributed by atoms with Crippen molar-refractivity contribution in [3.8, 4) is 5.69 Å². The normalized spacial score (nSPS) is 19.3. The van der Waals surface area contributed by atoms with Gasteiger partial charge in [-0.05, 0) is 61.2 Å². The summed E-state index contributed by atoms with van der Waals surface area (Å²) in [5.74, 6) is -0.825. The molecule has 0 spiro atoms. The highest BCUT2D eigenvalue weighted by Crippen LogP contribution is 2.47. The number of aromatic amines is 1. The second-order valence-electron chi connectivity index (χ2n) is 8.63. The minimum atomic E-state index is -0.855. The highest BCUT2D eigenvalue weighted by atomic mass is 19.1. The van der Waals surface area contributed by atoms with Crippen LogP contribution in [0, 0.1) is 5.82 Å². The monoisotopic (exact) mass is 431 g/mol. The number of aliphatic carboxylic acids is 1. The number of H-pyrrole nitrogens is 1. The molecular formula is C25H22FN3O3. The summed E-state index contributed by atoms with van der Waals surface area (Å²) in [5.41, 5.74) is 5.67. The molecule has 162 valence electrons. The van der Waals surface area contributed by atoms with Gasteiger partial charge in [-0.1, -0.05) is 6.08 Å².